The smallest absolute Gasteiger partial charge is 0.317 e. The van der Waals surface area contributed by atoms with Gasteiger partial charge < -0.3 is 4.90 Å². The van der Waals surface area contributed by atoms with E-state index >= 15 is 0 Å². The van der Waals surface area contributed by atoms with Gasteiger partial charge in [-0.1, -0.05) is 30.3 Å². The molecule has 3 fully saturated rings. The van der Waals surface area contributed by atoms with Gasteiger partial charge in [0.05, 0.1) is 12.1 Å². The molecule has 1 aromatic carbocycles. The van der Waals surface area contributed by atoms with Gasteiger partial charge in [0.15, 0.2) is 0 Å². The second-order valence-corrected chi connectivity index (χ2v) is 8.85. The Morgan fingerprint density at radius 3 is 2.37 bits per heavy atom. The van der Waals surface area contributed by atoms with Gasteiger partial charge in [-0.05, 0) is 64.1 Å². The van der Waals surface area contributed by atoms with Crippen LogP contribution in [-0.4, -0.2) is 60.1 Å². The van der Waals surface area contributed by atoms with Crippen molar-refractivity contribution in [2.24, 2.45) is 5.92 Å². The lowest BCUT2D eigenvalue weighted by atomic mass is 9.68. The quantitative estimate of drug-likeness (QED) is 0.743. The topological polar surface area (TPSA) is 31.1 Å². The fraction of sp³-hybridized carbons (Fsp3) is 0.636. The highest BCUT2D eigenvalue weighted by atomic mass is 16.2. The summed E-state index contributed by atoms with van der Waals surface area (Å²) in [5.74, 6) is 0.674. The Morgan fingerprint density at radius 1 is 1.15 bits per heavy atom. The van der Waals surface area contributed by atoms with Crippen molar-refractivity contribution in [3.63, 3.8) is 0 Å². The first-order valence-corrected chi connectivity index (χ1v) is 10.1. The summed E-state index contributed by atoms with van der Waals surface area (Å²) in [4.78, 5) is 22.8. The highest BCUT2D eigenvalue weighted by Gasteiger charge is 2.55. The average Bonchev–Trinajstić information content (AvgIpc) is 3.47. The third-order valence-corrected chi connectivity index (χ3v) is 7.11. The number of hydrogen-bond donors (Lipinski definition) is 0. The van der Waals surface area contributed by atoms with Crippen molar-refractivity contribution >= 4 is 6.03 Å². The molecule has 1 aromatic rings. The zero-order valence-corrected chi connectivity index (χ0v) is 16.5. The monoisotopic (exact) mass is 366 g/mol. The fourth-order valence-corrected chi connectivity index (χ4v) is 5.21. The predicted molar refractivity (Wildman–Crippen MR) is 106 cm³/mol. The first-order chi connectivity index (χ1) is 13.0. The maximum atomic E-state index is 13.0. The first kappa shape index (κ1) is 18.3. The van der Waals surface area contributed by atoms with Crippen molar-refractivity contribution in [3.8, 4) is 0 Å². The van der Waals surface area contributed by atoms with Crippen LogP contribution in [0.3, 0.4) is 0 Å². The van der Waals surface area contributed by atoms with Crippen molar-refractivity contribution in [2.45, 2.75) is 49.6 Å². The Kier molecular flexibility index (Phi) is 4.63. The van der Waals surface area contributed by atoms with Gasteiger partial charge >= 0.3 is 6.03 Å². The second-order valence-electron chi connectivity index (χ2n) is 8.85. The van der Waals surface area contributed by atoms with E-state index in [9.17, 15) is 4.79 Å². The Morgan fingerprint density at radius 2 is 1.81 bits per heavy atom. The number of urea groups is 1. The SMILES string of the molecule is [C-]#[N+]CN1CC2(CCC(c3ccccc3)(N(C)C)CC2)N(CC2CC2)C1=O. The first-order valence-electron chi connectivity index (χ1n) is 10.1. The number of amides is 2. The predicted octanol–water partition coefficient (Wildman–Crippen LogP) is 3.78. The molecule has 0 aromatic heterocycles. The van der Waals surface area contributed by atoms with Gasteiger partial charge in [0.2, 0.25) is 0 Å². The lowest BCUT2D eigenvalue weighted by molar-refractivity contribution is 0.0234. The van der Waals surface area contributed by atoms with Crippen molar-refractivity contribution in [2.75, 3.05) is 33.9 Å². The molecule has 0 atom stereocenters. The summed E-state index contributed by atoms with van der Waals surface area (Å²) in [5.41, 5.74) is 1.33. The van der Waals surface area contributed by atoms with Gasteiger partial charge in [0.25, 0.3) is 6.67 Å². The van der Waals surface area contributed by atoms with Crippen LogP contribution in [0.5, 0.6) is 0 Å². The minimum atomic E-state index is -0.0847. The van der Waals surface area contributed by atoms with E-state index in [-0.39, 0.29) is 23.8 Å². The number of carbonyl (C=O) groups is 1. The van der Waals surface area contributed by atoms with Crippen LogP contribution in [0.25, 0.3) is 4.85 Å². The van der Waals surface area contributed by atoms with Crippen LogP contribution >= 0.6 is 0 Å². The summed E-state index contributed by atoms with van der Waals surface area (Å²) in [6.45, 7) is 9.02. The fourth-order valence-electron chi connectivity index (χ4n) is 5.21. The van der Waals surface area contributed by atoms with E-state index in [1.807, 2.05) is 0 Å². The van der Waals surface area contributed by atoms with E-state index in [4.69, 9.17) is 6.57 Å². The van der Waals surface area contributed by atoms with Crippen LogP contribution in [0.4, 0.5) is 4.79 Å². The molecule has 2 aliphatic carbocycles. The van der Waals surface area contributed by atoms with Gasteiger partial charge in [-0.2, -0.15) is 0 Å². The summed E-state index contributed by atoms with van der Waals surface area (Å²) in [7, 11) is 4.36. The molecule has 1 saturated heterocycles. The van der Waals surface area contributed by atoms with Crippen LogP contribution in [0.1, 0.15) is 44.1 Å². The van der Waals surface area contributed by atoms with Crippen LogP contribution < -0.4 is 0 Å². The summed E-state index contributed by atoms with van der Waals surface area (Å²) >= 11 is 0. The van der Waals surface area contributed by atoms with Crippen molar-refractivity contribution < 1.29 is 4.79 Å². The van der Waals surface area contributed by atoms with Crippen molar-refractivity contribution in [3.05, 3.63) is 47.3 Å². The molecule has 27 heavy (non-hydrogen) atoms. The minimum absolute atomic E-state index is 0.0357. The normalized spacial score (nSPS) is 31.0. The van der Waals surface area contributed by atoms with Gasteiger partial charge in [0.1, 0.15) is 0 Å². The van der Waals surface area contributed by atoms with Crippen LogP contribution in [0.15, 0.2) is 30.3 Å². The molecule has 0 unspecified atom stereocenters. The highest BCUT2D eigenvalue weighted by Crippen LogP contribution is 2.49. The molecule has 5 nitrogen and oxygen atoms in total. The Balaban J connectivity index is 1.60. The maximum absolute atomic E-state index is 13.0. The Bertz CT molecular complexity index is 726. The summed E-state index contributed by atoms with van der Waals surface area (Å²) in [5, 5.41) is 0. The van der Waals surface area contributed by atoms with Crippen LogP contribution in [0, 0.1) is 12.5 Å². The zero-order valence-electron chi connectivity index (χ0n) is 16.5. The molecule has 4 rings (SSSR count). The number of rotatable bonds is 5. The molecular weight excluding hydrogens is 336 g/mol. The highest BCUT2D eigenvalue weighted by molar-refractivity contribution is 5.78. The molecule has 1 heterocycles. The molecular formula is C22H30N4O. The van der Waals surface area contributed by atoms with Crippen molar-refractivity contribution in [1.82, 2.24) is 14.7 Å². The van der Waals surface area contributed by atoms with Crippen molar-refractivity contribution in [1.29, 1.82) is 0 Å². The third-order valence-electron chi connectivity index (χ3n) is 7.11. The molecule has 144 valence electrons. The molecule has 0 N–H and O–H groups in total. The number of carbonyl (C=O) groups excluding carboxylic acids is 1. The average molecular weight is 367 g/mol. The molecule has 0 radical (unpaired) electrons. The van der Waals surface area contributed by atoms with Gasteiger partial charge in [-0.3, -0.25) is 14.6 Å². The van der Waals surface area contributed by atoms with E-state index in [2.05, 4.69) is 59.1 Å². The van der Waals surface area contributed by atoms with Crippen LogP contribution in [0.2, 0.25) is 0 Å². The third kappa shape index (κ3) is 3.10. The van der Waals surface area contributed by atoms with E-state index in [0.29, 0.717) is 5.92 Å². The largest absolute Gasteiger partial charge is 0.326 e. The Labute approximate surface area is 162 Å². The molecule has 1 spiro atoms. The molecule has 2 amide bonds. The number of hydrogen-bond acceptors (Lipinski definition) is 2. The van der Waals surface area contributed by atoms with Gasteiger partial charge in [-0.15, -0.1) is 0 Å². The second kappa shape index (κ2) is 6.83. The number of nitrogens with zero attached hydrogens (tertiary/aromatic N) is 4. The minimum Gasteiger partial charge on any atom is -0.317 e. The molecule has 0 bridgehead atoms. The van der Waals surface area contributed by atoms with E-state index in [0.717, 1.165) is 38.8 Å². The summed E-state index contributed by atoms with van der Waals surface area (Å²) in [6.07, 6.45) is 6.59. The van der Waals surface area contributed by atoms with E-state index < -0.39 is 0 Å². The summed E-state index contributed by atoms with van der Waals surface area (Å²) in [6, 6.07) is 10.9. The van der Waals surface area contributed by atoms with Crippen LogP contribution in [-0.2, 0) is 5.54 Å². The molecule has 1 aliphatic heterocycles. The molecule has 5 heteroatoms. The number of benzene rings is 1. The zero-order chi connectivity index (χ0) is 19.1. The molecule has 2 saturated carbocycles. The van der Waals surface area contributed by atoms with Gasteiger partial charge in [-0.25, -0.2) is 11.4 Å². The maximum Gasteiger partial charge on any atom is 0.326 e. The summed E-state index contributed by atoms with van der Waals surface area (Å²) < 4.78 is 0. The van der Waals surface area contributed by atoms with Gasteiger partial charge in [0, 0.05) is 12.1 Å². The Hall–Kier alpha value is -2.06. The molecule has 3 aliphatic rings. The van der Waals surface area contributed by atoms with E-state index in [1.165, 1.54) is 18.4 Å². The van der Waals surface area contributed by atoms with E-state index in [1.54, 1.807) is 4.90 Å². The lowest BCUT2D eigenvalue weighted by Gasteiger charge is -2.51. The lowest BCUT2D eigenvalue weighted by Crippen LogP contribution is -2.55. The standard InChI is InChI=1S/C22H30N4O/c1-23-17-25-16-21(26(20(25)27)15-18-9-10-18)11-13-22(14-12-21,24(2)3)19-7-5-4-6-8-19/h4-8,18H,9-17H2,2-3H3.